The van der Waals surface area contributed by atoms with E-state index in [4.69, 9.17) is 4.74 Å². The van der Waals surface area contributed by atoms with Gasteiger partial charge in [-0.25, -0.2) is 14.2 Å². The highest BCUT2D eigenvalue weighted by atomic mass is 32.1. The van der Waals surface area contributed by atoms with Gasteiger partial charge < -0.3 is 36.0 Å². The molecule has 16 heteroatoms. The molecule has 3 rings (SSSR count). The zero-order valence-corrected chi connectivity index (χ0v) is 40.5. The molecule has 0 bridgehead atoms. The van der Waals surface area contributed by atoms with Crippen LogP contribution in [0.5, 0.6) is 0 Å². The summed E-state index contributed by atoms with van der Waals surface area (Å²) in [7, 11) is 3.40. The van der Waals surface area contributed by atoms with Crippen molar-refractivity contribution < 1.29 is 38.2 Å². The van der Waals surface area contributed by atoms with E-state index in [1.165, 1.54) is 13.1 Å². The molecule has 2 aromatic rings. The Kier molecular flexibility index (Phi) is 21.3. The molecular formula is C47H76FN7O7S. The Balaban J connectivity index is 1.98. The first-order valence-electron chi connectivity index (χ1n) is 23.0. The number of unbranched alkanes of at least 4 members (excludes halogenated alkanes) is 3. The average molecular weight is 902 g/mol. The fourth-order valence-electron chi connectivity index (χ4n) is 8.11. The van der Waals surface area contributed by atoms with Gasteiger partial charge in [-0.1, -0.05) is 72.8 Å². The molecule has 0 unspecified atom stereocenters. The van der Waals surface area contributed by atoms with Gasteiger partial charge in [0.05, 0.1) is 17.1 Å². The number of thiazole rings is 1. The number of carboxylic acids is 1. The Labute approximate surface area is 379 Å². The number of alkyl carbamates (subject to hydrolysis) is 1. The first-order chi connectivity index (χ1) is 29.7. The van der Waals surface area contributed by atoms with E-state index in [1.807, 2.05) is 53.5 Å². The lowest BCUT2D eigenvalue weighted by Crippen LogP contribution is -2.59. The van der Waals surface area contributed by atoms with Gasteiger partial charge >= 0.3 is 12.1 Å². The molecule has 4 amide bonds. The van der Waals surface area contributed by atoms with Gasteiger partial charge in [-0.3, -0.25) is 24.1 Å². The molecule has 2 heterocycles. The van der Waals surface area contributed by atoms with Crippen molar-refractivity contribution in [1.29, 1.82) is 0 Å². The van der Waals surface area contributed by atoms with Gasteiger partial charge in [0.2, 0.25) is 11.8 Å². The standard InChI is InChI=1S/C47H76FN7O7S/c1-12-14-15-17-23-55(44(58)40(31(7)13-2)53-42(57)37-19-16-18-22-54(37)11)38(29(3)4)26-39(62-46(61)49-10)43-52-36(28-63-43)41(56)51-33(27-47(8,9)45(59)60)24-32-20-21-35(34(48)25-32)50-30(5)6/h20-21,25,28-31,33,37-40,50H,12-19,22-24,26-27H2,1-11H3,(H,49,61)(H,51,56)(H,53,57)(H,59,60)/t31-,33-,37+,38+,39+,40-/m0/s1. The van der Waals surface area contributed by atoms with Crippen LogP contribution in [-0.2, 0) is 25.5 Å². The van der Waals surface area contributed by atoms with E-state index < -0.39 is 53.4 Å². The van der Waals surface area contributed by atoms with Crippen LogP contribution in [0.25, 0.3) is 0 Å². The Morgan fingerprint density at radius 1 is 1.05 bits per heavy atom. The number of aromatic nitrogens is 1. The number of likely N-dealkylation sites (tertiary alicyclic amines) is 1. The number of aliphatic carboxylic acids is 1. The van der Waals surface area contributed by atoms with Crippen molar-refractivity contribution in [2.45, 2.75) is 169 Å². The lowest BCUT2D eigenvalue weighted by molar-refractivity contribution is -0.147. The van der Waals surface area contributed by atoms with Crippen LogP contribution < -0.4 is 21.3 Å². The van der Waals surface area contributed by atoms with Crippen LogP contribution in [0, 0.1) is 23.1 Å². The van der Waals surface area contributed by atoms with Crippen LogP contribution in [0.4, 0.5) is 14.9 Å². The third-order valence-electron chi connectivity index (χ3n) is 12.1. The number of likely N-dealkylation sites (N-methyl/N-ethyl adjacent to an activating group) is 1. The topological polar surface area (TPSA) is 182 Å². The molecule has 1 aliphatic rings. The van der Waals surface area contributed by atoms with E-state index in [0.29, 0.717) is 29.2 Å². The number of benzene rings is 1. The van der Waals surface area contributed by atoms with Crippen LogP contribution in [0.15, 0.2) is 23.6 Å². The molecule has 63 heavy (non-hydrogen) atoms. The minimum Gasteiger partial charge on any atom is -0.481 e. The molecule has 1 aromatic heterocycles. The summed E-state index contributed by atoms with van der Waals surface area (Å²) in [6.07, 6.45) is 5.81. The Hall–Kier alpha value is -4.31. The smallest absolute Gasteiger partial charge is 0.407 e. The predicted octanol–water partition coefficient (Wildman–Crippen LogP) is 8.18. The number of anilines is 1. The van der Waals surface area contributed by atoms with Gasteiger partial charge in [0.25, 0.3) is 5.91 Å². The summed E-state index contributed by atoms with van der Waals surface area (Å²) >= 11 is 1.14. The quantitative estimate of drug-likeness (QED) is 0.0610. The lowest BCUT2D eigenvalue weighted by atomic mass is 9.84. The summed E-state index contributed by atoms with van der Waals surface area (Å²) in [6.45, 7) is 18.4. The Bertz CT molecular complexity index is 1810. The second kappa shape index (κ2) is 25.2. The number of nitrogens with one attached hydrogen (secondary N) is 4. The number of halogens is 1. The number of nitrogens with zero attached hydrogens (tertiary/aromatic N) is 3. The second-order valence-electron chi connectivity index (χ2n) is 18.6. The summed E-state index contributed by atoms with van der Waals surface area (Å²) in [4.78, 5) is 76.4. The van der Waals surface area contributed by atoms with Crippen molar-refractivity contribution in [2.75, 3.05) is 32.5 Å². The van der Waals surface area contributed by atoms with Crippen LogP contribution in [0.3, 0.4) is 0 Å². The molecule has 1 aliphatic heterocycles. The summed E-state index contributed by atoms with van der Waals surface area (Å²) in [5, 5.41) is 23.6. The minimum absolute atomic E-state index is 0.0148. The van der Waals surface area contributed by atoms with Gasteiger partial charge in [0, 0.05) is 43.5 Å². The van der Waals surface area contributed by atoms with Crippen molar-refractivity contribution in [1.82, 2.24) is 30.7 Å². The first kappa shape index (κ1) is 53.0. The maximum absolute atomic E-state index is 15.1. The zero-order chi connectivity index (χ0) is 47.0. The molecule has 0 aliphatic carbocycles. The van der Waals surface area contributed by atoms with Crippen molar-refractivity contribution >= 4 is 46.8 Å². The van der Waals surface area contributed by atoms with E-state index >= 15 is 4.39 Å². The van der Waals surface area contributed by atoms with Crippen LogP contribution in [0.1, 0.15) is 154 Å². The van der Waals surface area contributed by atoms with Crippen molar-refractivity contribution in [3.8, 4) is 0 Å². The lowest BCUT2D eigenvalue weighted by Gasteiger charge is -2.40. The molecule has 14 nitrogen and oxygen atoms in total. The monoisotopic (exact) mass is 902 g/mol. The molecule has 1 saturated heterocycles. The summed E-state index contributed by atoms with van der Waals surface area (Å²) in [5.41, 5.74) is -0.250. The van der Waals surface area contributed by atoms with Crippen LogP contribution in [0.2, 0.25) is 0 Å². The number of carbonyl (C=O) groups excluding carboxylic acids is 4. The SMILES string of the molecule is CCCCCCN(C(=O)[C@@H](NC(=O)[C@H]1CCCCN1C)[C@@H](C)CC)[C@H](C[C@@H](OC(=O)NC)c1nc(C(=O)N[C@@H](Cc2ccc(NC(C)C)c(F)c2)CC(C)(C)C(=O)O)cs1)C(C)C. The highest BCUT2D eigenvalue weighted by molar-refractivity contribution is 7.09. The summed E-state index contributed by atoms with van der Waals surface area (Å²) < 4.78 is 21.0. The number of carboxylic acid groups (broad SMARTS) is 1. The number of amides is 4. The van der Waals surface area contributed by atoms with Crippen molar-refractivity contribution in [3.05, 3.63) is 45.7 Å². The number of piperidine rings is 1. The van der Waals surface area contributed by atoms with Crippen molar-refractivity contribution in [3.63, 3.8) is 0 Å². The zero-order valence-electron chi connectivity index (χ0n) is 39.6. The minimum atomic E-state index is -1.22. The van der Waals surface area contributed by atoms with E-state index in [-0.39, 0.29) is 60.7 Å². The van der Waals surface area contributed by atoms with E-state index in [2.05, 4.69) is 38.1 Å². The van der Waals surface area contributed by atoms with E-state index in [1.54, 1.807) is 31.4 Å². The second-order valence-corrected chi connectivity index (χ2v) is 19.5. The van der Waals surface area contributed by atoms with Gasteiger partial charge in [-0.15, -0.1) is 11.3 Å². The average Bonchev–Trinajstić information content (AvgIpc) is 3.72. The third-order valence-corrected chi connectivity index (χ3v) is 13.1. The molecular weight excluding hydrogens is 826 g/mol. The molecule has 5 N–H and O–H groups in total. The van der Waals surface area contributed by atoms with E-state index in [9.17, 15) is 29.1 Å². The third kappa shape index (κ3) is 16.0. The molecule has 1 aromatic carbocycles. The summed E-state index contributed by atoms with van der Waals surface area (Å²) in [5.74, 6) is -2.63. The molecule has 6 atom stereocenters. The molecule has 0 saturated carbocycles. The number of hydrogen-bond acceptors (Lipinski definition) is 10. The van der Waals surface area contributed by atoms with Gasteiger partial charge in [0.1, 0.15) is 22.6 Å². The molecule has 0 radical (unpaired) electrons. The maximum Gasteiger partial charge on any atom is 0.407 e. The number of carbonyl (C=O) groups is 5. The highest BCUT2D eigenvalue weighted by Gasteiger charge is 2.39. The van der Waals surface area contributed by atoms with Crippen molar-refractivity contribution in [2.24, 2.45) is 17.3 Å². The highest BCUT2D eigenvalue weighted by Crippen LogP contribution is 2.33. The van der Waals surface area contributed by atoms with Gasteiger partial charge in [-0.05, 0) is 103 Å². The molecule has 354 valence electrons. The first-order valence-corrected chi connectivity index (χ1v) is 23.8. The number of ether oxygens (including phenoxy) is 1. The van der Waals surface area contributed by atoms with Crippen LogP contribution >= 0.6 is 11.3 Å². The summed E-state index contributed by atoms with van der Waals surface area (Å²) in [6, 6.07) is 2.57. The van der Waals surface area contributed by atoms with E-state index in [0.717, 1.165) is 62.8 Å². The Morgan fingerprint density at radius 2 is 1.76 bits per heavy atom. The Morgan fingerprint density at radius 3 is 2.35 bits per heavy atom. The van der Waals surface area contributed by atoms with Gasteiger partial charge in [0.15, 0.2) is 6.10 Å². The largest absolute Gasteiger partial charge is 0.481 e. The van der Waals surface area contributed by atoms with Crippen LogP contribution in [-0.4, -0.2) is 107 Å². The maximum atomic E-state index is 15.1. The normalized spacial score (nSPS) is 17.0. The predicted molar refractivity (Wildman–Crippen MR) is 247 cm³/mol. The molecule has 0 spiro atoms. The fourth-order valence-corrected chi connectivity index (χ4v) is 8.95. The fraction of sp³-hybridized carbons (Fsp3) is 0.702. The molecule has 1 fully saturated rings. The number of rotatable bonds is 25. The number of hydrogen-bond donors (Lipinski definition) is 5. The van der Waals surface area contributed by atoms with Gasteiger partial charge in [-0.2, -0.15) is 0 Å².